The Morgan fingerprint density at radius 3 is 2.30 bits per heavy atom. The highest BCUT2D eigenvalue weighted by atomic mass is 31.2. The maximum Gasteiger partial charge on any atom is 0.343 e. The van der Waals surface area contributed by atoms with Crippen molar-refractivity contribution in [2.45, 2.75) is 51.5 Å². The molecule has 0 saturated heterocycles. The molecule has 1 unspecified atom stereocenters. The highest BCUT2D eigenvalue weighted by molar-refractivity contribution is 7.56. The van der Waals surface area contributed by atoms with E-state index in [1.807, 2.05) is 79.7 Å². The van der Waals surface area contributed by atoms with Gasteiger partial charge in [-0.2, -0.15) is 0 Å². The van der Waals surface area contributed by atoms with Crippen LogP contribution in [0, 0.1) is 0 Å². The van der Waals surface area contributed by atoms with Gasteiger partial charge in [-0.1, -0.05) is 74.5 Å². The van der Waals surface area contributed by atoms with Gasteiger partial charge in [0.25, 0.3) is 5.56 Å². The van der Waals surface area contributed by atoms with Crippen molar-refractivity contribution < 1.29 is 23.7 Å². The number of rotatable bonds is 8. The van der Waals surface area contributed by atoms with E-state index in [2.05, 4.69) is 5.09 Å². The molecule has 0 amide bonds. The van der Waals surface area contributed by atoms with Crippen LogP contribution in [0.25, 0.3) is 22.3 Å². The standard InChI is InChI=1S/C36H34N3O6P/c1-4-25-26-18-24(45-46(3,43)38-32(22-12-8-6-9-13-22)23-14-10-7-11-15-23)16-17-30(26)37-33-27(25)20-39-31(33)19-29-28(34(39)40)21-44-35(41)36(29,42)5-2/h6-19,32,42H,4-5,20-21H2,1-3H3,(H,38,43)/t36-,46?/m0/s1. The van der Waals surface area contributed by atoms with Gasteiger partial charge in [0.1, 0.15) is 12.4 Å². The fourth-order valence-corrected chi connectivity index (χ4v) is 8.03. The first kappa shape index (κ1) is 30.1. The Labute approximate surface area is 266 Å². The smallest absolute Gasteiger partial charge is 0.343 e. The summed E-state index contributed by atoms with van der Waals surface area (Å²) in [5.41, 5.74) is 4.11. The van der Waals surface area contributed by atoms with Crippen molar-refractivity contribution in [2.75, 3.05) is 6.66 Å². The number of cyclic esters (lactones) is 1. The third kappa shape index (κ3) is 4.96. The molecule has 46 heavy (non-hydrogen) atoms. The molecule has 2 aromatic heterocycles. The van der Waals surface area contributed by atoms with E-state index in [9.17, 15) is 19.3 Å². The van der Waals surface area contributed by atoms with Gasteiger partial charge >= 0.3 is 13.5 Å². The summed E-state index contributed by atoms with van der Waals surface area (Å²) in [5.74, 6) is -0.311. The van der Waals surface area contributed by atoms with Crippen LogP contribution in [0.4, 0.5) is 0 Å². The Kier molecular flexibility index (Phi) is 7.43. The van der Waals surface area contributed by atoms with Gasteiger partial charge in [-0.05, 0) is 53.8 Å². The molecule has 0 fully saturated rings. The van der Waals surface area contributed by atoms with Crippen molar-refractivity contribution in [2.24, 2.45) is 0 Å². The fraction of sp³-hybridized carbons (Fsp3) is 0.250. The zero-order valence-electron chi connectivity index (χ0n) is 25.8. The van der Waals surface area contributed by atoms with Gasteiger partial charge in [-0.3, -0.25) is 9.36 Å². The predicted octanol–water partition coefficient (Wildman–Crippen LogP) is 6.22. The molecule has 7 rings (SSSR count). The van der Waals surface area contributed by atoms with Crippen LogP contribution in [0.1, 0.15) is 59.7 Å². The second kappa shape index (κ2) is 11.4. The summed E-state index contributed by atoms with van der Waals surface area (Å²) < 4.78 is 27.0. The number of nitrogens with zero attached hydrogens (tertiary/aromatic N) is 2. The summed E-state index contributed by atoms with van der Waals surface area (Å²) in [4.78, 5) is 31.2. The lowest BCUT2D eigenvalue weighted by molar-refractivity contribution is -0.172. The lowest BCUT2D eigenvalue weighted by Gasteiger charge is -2.31. The number of carbonyl (C=O) groups excluding carboxylic acids is 1. The van der Waals surface area contributed by atoms with E-state index in [1.165, 1.54) is 0 Å². The Balaban J connectivity index is 1.26. The SMILES string of the molecule is CCc1c2c(nc3ccc(OP(C)(=O)NC(c4ccccc4)c4ccccc4)cc13)-c1cc3c(c(=O)n1C2)COC(=O)[C@]3(O)CC. The summed E-state index contributed by atoms with van der Waals surface area (Å²) >= 11 is 0. The van der Waals surface area contributed by atoms with Gasteiger partial charge in [-0.15, -0.1) is 0 Å². The number of hydrogen-bond donors (Lipinski definition) is 2. The molecule has 0 saturated carbocycles. The van der Waals surface area contributed by atoms with Gasteiger partial charge < -0.3 is 18.9 Å². The Hall–Kier alpha value is -4.56. The Morgan fingerprint density at radius 1 is 1.00 bits per heavy atom. The molecule has 2 aliphatic heterocycles. The largest absolute Gasteiger partial charge is 0.458 e. The molecule has 4 heterocycles. The average Bonchev–Trinajstić information content (AvgIpc) is 3.43. The van der Waals surface area contributed by atoms with E-state index in [4.69, 9.17) is 14.2 Å². The summed E-state index contributed by atoms with van der Waals surface area (Å²) in [7, 11) is -3.39. The van der Waals surface area contributed by atoms with Crippen LogP contribution >= 0.6 is 7.52 Å². The van der Waals surface area contributed by atoms with Gasteiger partial charge in [0, 0.05) is 23.2 Å². The van der Waals surface area contributed by atoms with Crippen molar-refractivity contribution in [1.29, 1.82) is 0 Å². The van der Waals surface area contributed by atoms with E-state index in [1.54, 1.807) is 30.3 Å². The lowest BCUT2D eigenvalue weighted by atomic mass is 9.86. The molecule has 2 aliphatic rings. The minimum Gasteiger partial charge on any atom is -0.458 e. The quantitative estimate of drug-likeness (QED) is 0.149. The molecule has 10 heteroatoms. The van der Waals surface area contributed by atoms with Crippen LogP contribution in [0.5, 0.6) is 5.75 Å². The van der Waals surface area contributed by atoms with Crippen molar-refractivity contribution in [1.82, 2.24) is 14.6 Å². The second-order valence-electron chi connectivity index (χ2n) is 11.9. The monoisotopic (exact) mass is 635 g/mol. The predicted molar refractivity (Wildman–Crippen MR) is 176 cm³/mol. The van der Waals surface area contributed by atoms with Crippen molar-refractivity contribution in [3.8, 4) is 17.1 Å². The first-order valence-electron chi connectivity index (χ1n) is 15.4. The minimum absolute atomic E-state index is 0.0797. The summed E-state index contributed by atoms with van der Waals surface area (Å²) in [6, 6.07) is 26.5. The zero-order chi connectivity index (χ0) is 32.2. The van der Waals surface area contributed by atoms with E-state index >= 15 is 0 Å². The molecular formula is C36H34N3O6P. The number of aryl methyl sites for hydroxylation is 1. The molecule has 5 aromatic rings. The molecule has 0 radical (unpaired) electrons. The normalized spacial score (nSPS) is 18.1. The van der Waals surface area contributed by atoms with E-state index in [0.717, 1.165) is 27.6 Å². The van der Waals surface area contributed by atoms with Gasteiger partial charge in [-0.25, -0.2) is 14.9 Å². The van der Waals surface area contributed by atoms with E-state index < -0.39 is 19.1 Å². The molecule has 2 atom stereocenters. The summed E-state index contributed by atoms with van der Waals surface area (Å²) in [6.07, 6.45) is 0.732. The van der Waals surface area contributed by atoms with Crippen LogP contribution in [0.3, 0.4) is 0 Å². The van der Waals surface area contributed by atoms with Gasteiger partial charge in [0.15, 0.2) is 5.60 Å². The molecule has 9 nitrogen and oxygen atoms in total. The number of esters is 1. The molecule has 0 spiro atoms. The fourth-order valence-electron chi connectivity index (χ4n) is 6.70. The summed E-state index contributed by atoms with van der Waals surface area (Å²) in [5, 5.41) is 15.3. The minimum atomic E-state index is -3.39. The Morgan fingerprint density at radius 2 is 1.67 bits per heavy atom. The van der Waals surface area contributed by atoms with Crippen molar-refractivity contribution in [3.63, 3.8) is 0 Å². The molecule has 3 aromatic carbocycles. The molecular weight excluding hydrogens is 601 g/mol. The number of fused-ring (bicyclic) bond motifs is 5. The van der Waals surface area contributed by atoms with Crippen molar-refractivity contribution >= 4 is 24.4 Å². The van der Waals surface area contributed by atoms with Crippen LogP contribution in [0.15, 0.2) is 89.7 Å². The number of carbonyl (C=O) groups is 1. The number of hydrogen-bond acceptors (Lipinski definition) is 7. The third-order valence-electron chi connectivity index (χ3n) is 9.04. The number of benzene rings is 3. The van der Waals surface area contributed by atoms with Crippen LogP contribution in [-0.2, 0) is 39.3 Å². The number of aromatic nitrogens is 2. The van der Waals surface area contributed by atoms with E-state index in [0.29, 0.717) is 35.6 Å². The molecule has 2 N–H and O–H groups in total. The molecule has 0 aliphatic carbocycles. The van der Waals surface area contributed by atoms with Crippen LogP contribution in [0.2, 0.25) is 0 Å². The van der Waals surface area contributed by atoms with Gasteiger partial charge in [0.05, 0.1) is 35.1 Å². The lowest BCUT2D eigenvalue weighted by Crippen LogP contribution is -2.44. The van der Waals surface area contributed by atoms with Gasteiger partial charge in [0.2, 0.25) is 0 Å². The van der Waals surface area contributed by atoms with Crippen LogP contribution in [-0.4, -0.2) is 27.3 Å². The maximum atomic E-state index is 14.0. The molecule has 0 bridgehead atoms. The maximum absolute atomic E-state index is 14.0. The number of pyridine rings is 2. The average molecular weight is 636 g/mol. The highest BCUT2D eigenvalue weighted by Crippen LogP contribution is 2.45. The van der Waals surface area contributed by atoms with Crippen molar-refractivity contribution in [3.05, 3.63) is 129 Å². The molecule has 234 valence electrons. The topological polar surface area (TPSA) is 120 Å². The number of ether oxygens (including phenoxy) is 1. The first-order chi connectivity index (χ1) is 22.1. The first-order valence-corrected chi connectivity index (χ1v) is 17.5. The van der Waals surface area contributed by atoms with Crippen LogP contribution < -0.4 is 15.2 Å². The van der Waals surface area contributed by atoms with E-state index in [-0.39, 0.29) is 35.8 Å². The number of aliphatic hydroxyl groups is 1. The zero-order valence-corrected chi connectivity index (χ0v) is 26.7. The Bertz CT molecular complexity index is 2070. The second-order valence-corrected chi connectivity index (χ2v) is 14.0. The third-order valence-corrected chi connectivity index (χ3v) is 10.3. The highest BCUT2D eigenvalue weighted by Gasteiger charge is 2.45. The summed E-state index contributed by atoms with van der Waals surface area (Å²) in [6.45, 7) is 5.43. The number of nitrogens with one attached hydrogen (secondary N) is 1.